The maximum atomic E-state index is 10.9. The molecule has 1 aliphatic rings. The second kappa shape index (κ2) is 4.95. The Bertz CT molecular complexity index is 186. The molecule has 0 aromatic rings. The van der Waals surface area contributed by atoms with Crippen molar-refractivity contribution in [1.82, 2.24) is 10.6 Å². The van der Waals surface area contributed by atoms with Crippen LogP contribution in [0.2, 0.25) is 0 Å². The second-order valence-corrected chi connectivity index (χ2v) is 2.47. The summed E-state index contributed by atoms with van der Waals surface area (Å²) in [6, 6.07) is -0.429. The van der Waals surface area contributed by atoms with Crippen molar-refractivity contribution in [1.29, 1.82) is 0 Å². The fourth-order valence-corrected chi connectivity index (χ4v) is 1.01. The number of piperazine rings is 1. The molecule has 1 rings (SSSR count). The molecule has 5 nitrogen and oxygen atoms in total. The third-order valence-corrected chi connectivity index (χ3v) is 1.54. The van der Waals surface area contributed by atoms with Gasteiger partial charge in [0.1, 0.15) is 0 Å². The second-order valence-electron chi connectivity index (χ2n) is 2.47. The molecule has 4 N–H and O–H groups in total. The van der Waals surface area contributed by atoms with Crippen LogP contribution in [0.4, 0.5) is 0 Å². The Morgan fingerprint density at radius 3 is 2.75 bits per heavy atom. The van der Waals surface area contributed by atoms with Gasteiger partial charge in [0.05, 0.1) is 12.5 Å². The van der Waals surface area contributed by atoms with Gasteiger partial charge in [0.2, 0.25) is 11.8 Å². The average Bonchev–Trinajstić information content (AvgIpc) is 1.93. The average molecular weight is 194 g/mol. The number of primary amides is 1. The molecule has 0 aliphatic carbocycles. The third kappa shape index (κ3) is 3.06. The van der Waals surface area contributed by atoms with Gasteiger partial charge in [0.15, 0.2) is 0 Å². The molecule has 2 amide bonds. The molecule has 0 aromatic carbocycles. The number of nitrogens with two attached hydrogens (primary N) is 1. The van der Waals surface area contributed by atoms with E-state index in [4.69, 9.17) is 5.73 Å². The minimum atomic E-state index is -0.459. The highest BCUT2D eigenvalue weighted by Crippen LogP contribution is 1.93. The first-order valence-electron chi connectivity index (χ1n) is 3.49. The number of rotatable bonds is 2. The van der Waals surface area contributed by atoms with E-state index < -0.39 is 11.9 Å². The van der Waals surface area contributed by atoms with Crippen molar-refractivity contribution in [2.45, 2.75) is 12.5 Å². The van der Waals surface area contributed by atoms with E-state index in [0.29, 0.717) is 13.1 Å². The Hall–Kier alpha value is -0.810. The molecule has 1 heterocycles. The lowest BCUT2D eigenvalue weighted by atomic mass is 10.1. The number of nitrogens with one attached hydrogen (secondary N) is 2. The van der Waals surface area contributed by atoms with Crippen LogP contribution in [-0.2, 0) is 9.59 Å². The smallest absolute Gasteiger partial charge is 0.237 e. The van der Waals surface area contributed by atoms with Crippen LogP contribution in [0.5, 0.6) is 0 Å². The first kappa shape index (κ1) is 11.2. The molecule has 1 atom stereocenters. The van der Waals surface area contributed by atoms with E-state index in [2.05, 4.69) is 10.6 Å². The number of carbonyl (C=O) groups excluding carboxylic acids is 2. The summed E-state index contributed by atoms with van der Waals surface area (Å²) in [5.41, 5.74) is 4.93. The first-order chi connectivity index (χ1) is 5.20. The van der Waals surface area contributed by atoms with Crippen molar-refractivity contribution in [3.8, 4) is 0 Å². The molecule has 70 valence electrons. The molecule has 1 aliphatic heterocycles. The van der Waals surface area contributed by atoms with Gasteiger partial charge in [-0.2, -0.15) is 0 Å². The maximum absolute atomic E-state index is 10.9. The SMILES string of the molecule is Cl.NC(=O)CC1NCCNC1=O. The zero-order valence-corrected chi connectivity index (χ0v) is 7.32. The first-order valence-corrected chi connectivity index (χ1v) is 3.49. The highest BCUT2D eigenvalue weighted by Gasteiger charge is 2.22. The molecule has 1 unspecified atom stereocenters. The zero-order chi connectivity index (χ0) is 8.27. The van der Waals surface area contributed by atoms with Gasteiger partial charge in [0.25, 0.3) is 0 Å². The molecule has 6 heteroatoms. The minimum absolute atomic E-state index is 0. The molecule has 0 radical (unpaired) electrons. The topological polar surface area (TPSA) is 84.2 Å². The molecule has 0 bridgehead atoms. The Morgan fingerprint density at radius 1 is 1.58 bits per heavy atom. The largest absolute Gasteiger partial charge is 0.370 e. The quantitative estimate of drug-likeness (QED) is 0.493. The number of halogens is 1. The fourth-order valence-electron chi connectivity index (χ4n) is 1.01. The van der Waals surface area contributed by atoms with E-state index in [-0.39, 0.29) is 24.7 Å². The van der Waals surface area contributed by atoms with Gasteiger partial charge >= 0.3 is 0 Å². The molecule has 0 saturated carbocycles. The fraction of sp³-hybridized carbons (Fsp3) is 0.667. The van der Waals surface area contributed by atoms with Crippen LogP contribution in [0.3, 0.4) is 0 Å². The lowest BCUT2D eigenvalue weighted by Crippen LogP contribution is -2.54. The van der Waals surface area contributed by atoms with Crippen LogP contribution >= 0.6 is 12.4 Å². The van der Waals surface area contributed by atoms with Gasteiger partial charge in [-0.05, 0) is 0 Å². The Balaban J connectivity index is 0.00000121. The van der Waals surface area contributed by atoms with E-state index in [1.807, 2.05) is 0 Å². The molecule has 1 saturated heterocycles. The Labute approximate surface area is 76.5 Å². The standard InChI is InChI=1S/C6H11N3O2.ClH/c7-5(10)3-4-6(11)9-2-1-8-4;/h4,8H,1-3H2,(H2,7,10)(H,9,11);1H. The number of hydrogen-bond acceptors (Lipinski definition) is 3. The minimum Gasteiger partial charge on any atom is -0.370 e. The van der Waals surface area contributed by atoms with Gasteiger partial charge in [-0.15, -0.1) is 12.4 Å². The summed E-state index contributed by atoms with van der Waals surface area (Å²) >= 11 is 0. The summed E-state index contributed by atoms with van der Waals surface area (Å²) in [6.07, 6.45) is 0.0752. The predicted molar refractivity (Wildman–Crippen MR) is 45.9 cm³/mol. The van der Waals surface area contributed by atoms with Crippen LogP contribution in [0.15, 0.2) is 0 Å². The molecular weight excluding hydrogens is 182 g/mol. The van der Waals surface area contributed by atoms with E-state index in [1.54, 1.807) is 0 Å². The molecule has 12 heavy (non-hydrogen) atoms. The number of hydrogen-bond donors (Lipinski definition) is 3. The summed E-state index contributed by atoms with van der Waals surface area (Å²) in [5.74, 6) is -0.602. The summed E-state index contributed by atoms with van der Waals surface area (Å²) in [6.45, 7) is 1.32. The van der Waals surface area contributed by atoms with E-state index in [0.717, 1.165) is 0 Å². The highest BCUT2D eigenvalue weighted by atomic mass is 35.5. The highest BCUT2D eigenvalue weighted by molar-refractivity contribution is 5.88. The Kier molecular flexibility index (Phi) is 4.61. The van der Waals surface area contributed by atoms with Crippen molar-refractivity contribution >= 4 is 24.2 Å². The molecular formula is C6H12ClN3O2. The van der Waals surface area contributed by atoms with Crippen molar-refractivity contribution in [2.24, 2.45) is 5.73 Å². The Morgan fingerprint density at radius 2 is 2.25 bits per heavy atom. The van der Waals surface area contributed by atoms with Crippen molar-refractivity contribution < 1.29 is 9.59 Å². The van der Waals surface area contributed by atoms with E-state index >= 15 is 0 Å². The summed E-state index contributed by atoms with van der Waals surface area (Å²) < 4.78 is 0. The number of carbonyl (C=O) groups is 2. The normalized spacial score (nSPS) is 22.3. The lowest BCUT2D eigenvalue weighted by molar-refractivity contribution is -0.128. The van der Waals surface area contributed by atoms with Gasteiger partial charge in [0, 0.05) is 13.1 Å². The molecule has 0 aromatic heterocycles. The van der Waals surface area contributed by atoms with Gasteiger partial charge < -0.3 is 16.4 Å². The predicted octanol–water partition coefficient (Wildman–Crippen LogP) is -1.63. The summed E-state index contributed by atoms with van der Waals surface area (Å²) in [4.78, 5) is 21.4. The zero-order valence-electron chi connectivity index (χ0n) is 6.50. The summed E-state index contributed by atoms with van der Waals surface area (Å²) in [5, 5.41) is 5.52. The molecule has 0 spiro atoms. The van der Waals surface area contributed by atoms with E-state index in [1.165, 1.54) is 0 Å². The van der Waals surface area contributed by atoms with Crippen LogP contribution in [0.25, 0.3) is 0 Å². The van der Waals surface area contributed by atoms with Crippen LogP contribution in [-0.4, -0.2) is 30.9 Å². The van der Waals surface area contributed by atoms with Crippen LogP contribution in [0.1, 0.15) is 6.42 Å². The van der Waals surface area contributed by atoms with Crippen LogP contribution < -0.4 is 16.4 Å². The number of amides is 2. The third-order valence-electron chi connectivity index (χ3n) is 1.54. The van der Waals surface area contributed by atoms with Gasteiger partial charge in [-0.3, -0.25) is 9.59 Å². The van der Waals surface area contributed by atoms with Crippen molar-refractivity contribution in [3.63, 3.8) is 0 Å². The van der Waals surface area contributed by atoms with Crippen molar-refractivity contribution in [3.05, 3.63) is 0 Å². The lowest BCUT2D eigenvalue weighted by Gasteiger charge is -2.21. The van der Waals surface area contributed by atoms with Gasteiger partial charge in [-0.1, -0.05) is 0 Å². The van der Waals surface area contributed by atoms with Gasteiger partial charge in [-0.25, -0.2) is 0 Å². The maximum Gasteiger partial charge on any atom is 0.237 e. The van der Waals surface area contributed by atoms with E-state index in [9.17, 15) is 9.59 Å². The van der Waals surface area contributed by atoms with Crippen LogP contribution in [0, 0.1) is 0 Å². The van der Waals surface area contributed by atoms with Crippen molar-refractivity contribution in [2.75, 3.05) is 13.1 Å². The summed E-state index contributed by atoms with van der Waals surface area (Å²) in [7, 11) is 0. The molecule has 1 fully saturated rings. The monoisotopic (exact) mass is 193 g/mol.